The Kier molecular flexibility index (Phi) is 3.91. The summed E-state index contributed by atoms with van der Waals surface area (Å²) in [5.41, 5.74) is 3.13. The molecule has 2 heterocycles. The van der Waals surface area contributed by atoms with E-state index in [9.17, 15) is 4.79 Å². The van der Waals surface area contributed by atoms with Crippen LogP contribution in [0.5, 0.6) is 0 Å². The molecule has 2 aromatic carbocycles. The molecule has 0 fully saturated rings. The first kappa shape index (κ1) is 15.4. The van der Waals surface area contributed by atoms with Gasteiger partial charge in [-0.3, -0.25) is 9.78 Å². The minimum Gasteiger partial charge on any atom is -0.436 e. The first-order valence-electron chi connectivity index (χ1n) is 7.57. The molecule has 0 atom stereocenters. The van der Waals surface area contributed by atoms with Gasteiger partial charge in [-0.2, -0.15) is 0 Å². The number of para-hydroxylation sites is 2. The molecule has 5 nitrogen and oxygen atoms in total. The Balaban J connectivity index is 1.67. The normalized spacial score (nSPS) is 10.8. The van der Waals surface area contributed by atoms with E-state index in [4.69, 9.17) is 16.0 Å². The van der Waals surface area contributed by atoms with Crippen LogP contribution < -0.4 is 5.32 Å². The Labute approximate surface area is 148 Å². The van der Waals surface area contributed by atoms with Crippen molar-refractivity contribution in [3.63, 3.8) is 0 Å². The summed E-state index contributed by atoms with van der Waals surface area (Å²) in [5, 5.41) is 3.22. The van der Waals surface area contributed by atoms with Gasteiger partial charge in [-0.15, -0.1) is 0 Å². The fraction of sp³-hybridized carbons (Fsp3) is 0. The van der Waals surface area contributed by atoms with Gasteiger partial charge in [-0.25, -0.2) is 4.98 Å². The number of carbonyl (C=O) groups is 1. The molecule has 0 aliphatic carbocycles. The number of rotatable bonds is 3. The van der Waals surface area contributed by atoms with E-state index >= 15 is 0 Å². The quantitative estimate of drug-likeness (QED) is 0.577. The lowest BCUT2D eigenvalue weighted by Crippen LogP contribution is -2.12. The van der Waals surface area contributed by atoms with E-state index < -0.39 is 0 Å². The van der Waals surface area contributed by atoms with Crippen molar-refractivity contribution in [2.45, 2.75) is 0 Å². The van der Waals surface area contributed by atoms with Gasteiger partial charge in [0.2, 0.25) is 5.89 Å². The summed E-state index contributed by atoms with van der Waals surface area (Å²) in [4.78, 5) is 20.7. The van der Waals surface area contributed by atoms with Crippen LogP contribution in [0.15, 0.2) is 71.4 Å². The number of pyridine rings is 1. The number of halogens is 1. The highest BCUT2D eigenvalue weighted by Gasteiger charge is 2.13. The Hall–Kier alpha value is -3.18. The number of nitrogens with one attached hydrogen (secondary N) is 1. The van der Waals surface area contributed by atoms with Crippen molar-refractivity contribution in [1.82, 2.24) is 9.97 Å². The second-order valence-electron chi connectivity index (χ2n) is 5.38. The molecule has 1 amide bonds. The zero-order chi connectivity index (χ0) is 17.2. The summed E-state index contributed by atoms with van der Waals surface area (Å²) in [6.45, 7) is 0. The molecule has 0 saturated carbocycles. The average Bonchev–Trinajstić information content (AvgIpc) is 3.08. The van der Waals surface area contributed by atoms with E-state index in [1.807, 2.05) is 24.3 Å². The summed E-state index contributed by atoms with van der Waals surface area (Å²) in [5.74, 6) is 0.180. The molecule has 0 radical (unpaired) electrons. The number of amides is 1. The maximum absolute atomic E-state index is 12.3. The SMILES string of the molecule is O=C(Nc1cc(-c2nc3ccccc3o2)ccc1Cl)c1cccnc1. The average molecular weight is 350 g/mol. The predicted octanol–water partition coefficient (Wildman–Crippen LogP) is 4.80. The zero-order valence-electron chi connectivity index (χ0n) is 12.9. The summed E-state index contributed by atoms with van der Waals surface area (Å²) < 4.78 is 5.76. The fourth-order valence-electron chi connectivity index (χ4n) is 2.44. The number of anilines is 1. The third-order valence-electron chi connectivity index (χ3n) is 3.68. The molecule has 0 spiro atoms. The van der Waals surface area contributed by atoms with Crippen LogP contribution in [-0.4, -0.2) is 15.9 Å². The van der Waals surface area contributed by atoms with Gasteiger partial charge in [0.05, 0.1) is 16.3 Å². The minimum absolute atomic E-state index is 0.287. The van der Waals surface area contributed by atoms with Gasteiger partial charge in [0.15, 0.2) is 5.58 Å². The zero-order valence-corrected chi connectivity index (χ0v) is 13.7. The number of aromatic nitrogens is 2. The molecule has 4 aromatic rings. The minimum atomic E-state index is -0.287. The standard InChI is InChI=1S/C19H12ClN3O2/c20-14-8-7-12(19-23-15-5-1-2-6-17(15)25-19)10-16(14)22-18(24)13-4-3-9-21-11-13/h1-11H,(H,22,24). The molecule has 0 aliphatic rings. The largest absolute Gasteiger partial charge is 0.436 e. The molecule has 0 unspecified atom stereocenters. The lowest BCUT2D eigenvalue weighted by atomic mass is 10.2. The molecule has 122 valence electrons. The Morgan fingerprint density at radius 2 is 1.96 bits per heavy atom. The summed E-state index contributed by atoms with van der Waals surface area (Å²) in [7, 11) is 0. The van der Waals surface area contributed by atoms with Crippen molar-refractivity contribution in [2.75, 3.05) is 5.32 Å². The van der Waals surface area contributed by atoms with Crippen LogP contribution in [0.25, 0.3) is 22.6 Å². The van der Waals surface area contributed by atoms with Crippen molar-refractivity contribution in [2.24, 2.45) is 0 Å². The lowest BCUT2D eigenvalue weighted by Gasteiger charge is -2.08. The maximum Gasteiger partial charge on any atom is 0.257 e. The van der Waals surface area contributed by atoms with Gasteiger partial charge in [0, 0.05) is 18.0 Å². The molecular formula is C19H12ClN3O2. The summed E-state index contributed by atoms with van der Waals surface area (Å²) >= 11 is 6.21. The van der Waals surface area contributed by atoms with Crippen molar-refractivity contribution in [3.05, 3.63) is 77.6 Å². The van der Waals surface area contributed by atoms with Crippen LogP contribution in [0, 0.1) is 0 Å². The van der Waals surface area contributed by atoms with Crippen molar-refractivity contribution in [1.29, 1.82) is 0 Å². The second-order valence-corrected chi connectivity index (χ2v) is 5.78. The predicted molar refractivity (Wildman–Crippen MR) is 96.6 cm³/mol. The van der Waals surface area contributed by atoms with E-state index in [2.05, 4.69) is 15.3 Å². The van der Waals surface area contributed by atoms with Gasteiger partial charge in [-0.05, 0) is 42.5 Å². The van der Waals surface area contributed by atoms with Crippen LogP contribution in [0.2, 0.25) is 5.02 Å². The first-order valence-corrected chi connectivity index (χ1v) is 7.95. The Morgan fingerprint density at radius 3 is 2.76 bits per heavy atom. The fourth-order valence-corrected chi connectivity index (χ4v) is 2.61. The number of hydrogen-bond acceptors (Lipinski definition) is 4. The van der Waals surface area contributed by atoms with Gasteiger partial charge in [0.25, 0.3) is 5.91 Å². The number of nitrogens with zero attached hydrogens (tertiary/aromatic N) is 2. The maximum atomic E-state index is 12.3. The smallest absolute Gasteiger partial charge is 0.257 e. The number of carbonyl (C=O) groups excluding carboxylic acids is 1. The molecular weight excluding hydrogens is 338 g/mol. The van der Waals surface area contributed by atoms with Crippen LogP contribution in [0.4, 0.5) is 5.69 Å². The van der Waals surface area contributed by atoms with Crippen LogP contribution in [0.1, 0.15) is 10.4 Å². The van der Waals surface area contributed by atoms with E-state index in [-0.39, 0.29) is 5.91 Å². The van der Waals surface area contributed by atoms with Gasteiger partial charge >= 0.3 is 0 Å². The van der Waals surface area contributed by atoms with E-state index in [0.717, 1.165) is 11.1 Å². The van der Waals surface area contributed by atoms with Crippen LogP contribution in [0.3, 0.4) is 0 Å². The lowest BCUT2D eigenvalue weighted by molar-refractivity contribution is 0.102. The van der Waals surface area contributed by atoms with Crippen molar-refractivity contribution >= 4 is 34.3 Å². The van der Waals surface area contributed by atoms with Crippen LogP contribution in [-0.2, 0) is 0 Å². The molecule has 1 N–H and O–H groups in total. The highest BCUT2D eigenvalue weighted by Crippen LogP contribution is 2.30. The molecule has 0 aliphatic heterocycles. The highest BCUT2D eigenvalue weighted by atomic mass is 35.5. The summed E-state index contributed by atoms with van der Waals surface area (Å²) in [6.07, 6.45) is 3.10. The molecule has 25 heavy (non-hydrogen) atoms. The topological polar surface area (TPSA) is 68.0 Å². The molecule has 0 bridgehead atoms. The number of hydrogen-bond donors (Lipinski definition) is 1. The van der Waals surface area contributed by atoms with Gasteiger partial charge < -0.3 is 9.73 Å². The number of oxazole rings is 1. The molecule has 2 aromatic heterocycles. The van der Waals surface area contributed by atoms with Crippen molar-refractivity contribution < 1.29 is 9.21 Å². The van der Waals surface area contributed by atoms with Gasteiger partial charge in [-0.1, -0.05) is 23.7 Å². The summed E-state index contributed by atoms with van der Waals surface area (Å²) in [6, 6.07) is 16.1. The van der Waals surface area contributed by atoms with Gasteiger partial charge in [0.1, 0.15) is 5.52 Å². The number of fused-ring (bicyclic) bond motifs is 1. The third-order valence-corrected chi connectivity index (χ3v) is 4.01. The van der Waals surface area contributed by atoms with Crippen molar-refractivity contribution in [3.8, 4) is 11.5 Å². The first-order chi connectivity index (χ1) is 12.2. The van der Waals surface area contributed by atoms with E-state index in [1.54, 1.807) is 36.5 Å². The van der Waals surface area contributed by atoms with Crippen LogP contribution >= 0.6 is 11.6 Å². The Morgan fingerprint density at radius 1 is 1.08 bits per heavy atom. The van der Waals surface area contributed by atoms with E-state index in [1.165, 1.54) is 6.20 Å². The number of benzene rings is 2. The highest BCUT2D eigenvalue weighted by molar-refractivity contribution is 6.34. The Bertz CT molecular complexity index is 1030. The molecule has 0 saturated heterocycles. The monoisotopic (exact) mass is 349 g/mol. The molecule has 4 rings (SSSR count). The van der Waals surface area contributed by atoms with E-state index in [0.29, 0.717) is 27.7 Å². The second kappa shape index (κ2) is 6.37. The third kappa shape index (κ3) is 3.09. The molecule has 6 heteroatoms.